The number of fused-ring (bicyclic) bond motifs is 4. The van der Waals surface area contributed by atoms with E-state index in [0.717, 1.165) is 33.4 Å². The third-order valence-corrected chi connectivity index (χ3v) is 6.18. The zero-order valence-electron chi connectivity index (χ0n) is 15.2. The van der Waals surface area contributed by atoms with Gasteiger partial charge in [0.1, 0.15) is 17.6 Å². The predicted octanol–water partition coefficient (Wildman–Crippen LogP) is 3.80. The first-order chi connectivity index (χ1) is 13.1. The van der Waals surface area contributed by atoms with Crippen molar-refractivity contribution in [2.75, 3.05) is 14.2 Å². The molecule has 0 spiro atoms. The summed E-state index contributed by atoms with van der Waals surface area (Å²) in [4.78, 5) is 12.5. The fourth-order valence-corrected chi connectivity index (χ4v) is 5.18. The summed E-state index contributed by atoms with van der Waals surface area (Å²) < 4.78 is 11.6. The van der Waals surface area contributed by atoms with Gasteiger partial charge in [-0.2, -0.15) is 0 Å². The maximum atomic E-state index is 12.5. The maximum absolute atomic E-state index is 12.5. The smallest absolute Gasteiger partial charge is 0.167 e. The molecule has 3 atom stereocenters. The Morgan fingerprint density at radius 3 is 2.52 bits per heavy atom. The van der Waals surface area contributed by atoms with Gasteiger partial charge in [-0.1, -0.05) is 18.2 Å². The number of aromatic hydroxyl groups is 2. The van der Waals surface area contributed by atoms with Crippen molar-refractivity contribution in [1.82, 2.24) is 0 Å². The molecule has 0 radical (unpaired) electrons. The molecule has 0 saturated carbocycles. The molecule has 2 aromatic rings. The molecule has 5 heteroatoms. The molecule has 2 N–H and O–H groups in total. The minimum absolute atomic E-state index is 0.0271. The molecule has 0 amide bonds. The largest absolute Gasteiger partial charge is 0.508 e. The lowest BCUT2D eigenvalue weighted by Gasteiger charge is -2.38. The van der Waals surface area contributed by atoms with Gasteiger partial charge in [0.2, 0.25) is 0 Å². The van der Waals surface area contributed by atoms with E-state index in [-0.39, 0.29) is 29.3 Å². The van der Waals surface area contributed by atoms with Crippen LogP contribution in [-0.4, -0.2) is 36.3 Å². The Morgan fingerprint density at radius 2 is 1.78 bits per heavy atom. The summed E-state index contributed by atoms with van der Waals surface area (Å²) in [5.74, 6) is 0.0766. The van der Waals surface area contributed by atoms with E-state index in [1.165, 1.54) is 0 Å². The SMILES string of the molecule is CO[C@H]1[C@H](OC)c2c(O)cccc2C2=C3CCC(=O)c4c(O)ccc(c43)[C@@H]21. The molecule has 0 fully saturated rings. The van der Waals surface area contributed by atoms with Crippen molar-refractivity contribution < 1.29 is 24.5 Å². The van der Waals surface area contributed by atoms with Gasteiger partial charge >= 0.3 is 0 Å². The molecular weight excluding hydrogens is 344 g/mol. The van der Waals surface area contributed by atoms with Crippen molar-refractivity contribution in [3.05, 3.63) is 58.1 Å². The minimum atomic E-state index is -0.430. The Hall–Kier alpha value is -2.63. The molecule has 5 nitrogen and oxygen atoms in total. The van der Waals surface area contributed by atoms with Gasteiger partial charge in [-0.3, -0.25) is 4.79 Å². The van der Waals surface area contributed by atoms with Crippen LogP contribution in [0.15, 0.2) is 30.3 Å². The van der Waals surface area contributed by atoms with E-state index in [1.807, 2.05) is 18.2 Å². The Morgan fingerprint density at radius 1 is 0.963 bits per heavy atom. The number of methoxy groups -OCH3 is 2. The van der Waals surface area contributed by atoms with Crippen molar-refractivity contribution in [2.45, 2.75) is 31.0 Å². The van der Waals surface area contributed by atoms with Crippen molar-refractivity contribution in [1.29, 1.82) is 0 Å². The highest BCUT2D eigenvalue weighted by atomic mass is 16.5. The topological polar surface area (TPSA) is 76.0 Å². The quantitative estimate of drug-likeness (QED) is 0.848. The summed E-state index contributed by atoms with van der Waals surface area (Å²) in [6, 6.07) is 8.96. The van der Waals surface area contributed by atoms with Crippen LogP contribution in [0.5, 0.6) is 11.5 Å². The van der Waals surface area contributed by atoms with Crippen LogP contribution in [0.25, 0.3) is 11.1 Å². The Labute approximate surface area is 156 Å². The summed E-state index contributed by atoms with van der Waals surface area (Å²) in [7, 11) is 3.26. The summed E-state index contributed by atoms with van der Waals surface area (Å²) in [5.41, 5.74) is 6.07. The number of ether oxygens (including phenoxy) is 2. The lowest BCUT2D eigenvalue weighted by atomic mass is 9.74. The molecule has 0 heterocycles. The molecule has 0 unspecified atom stereocenters. The van der Waals surface area contributed by atoms with Crippen molar-refractivity contribution >= 4 is 16.9 Å². The second-order valence-corrected chi connectivity index (χ2v) is 7.31. The summed E-state index contributed by atoms with van der Waals surface area (Å²) >= 11 is 0. The number of allylic oxidation sites excluding steroid dienone is 1. The van der Waals surface area contributed by atoms with Crippen LogP contribution >= 0.6 is 0 Å². The van der Waals surface area contributed by atoms with Gasteiger partial charge < -0.3 is 19.7 Å². The standard InChI is InChI=1S/C22H20O5/c1-26-21-18-10(4-3-5-13(18)23)16-11-6-8-14(24)20-15(25)9-7-12(17(11)20)19(16)22(21)27-2/h3-5,7,9,19,21-23,25H,6,8H2,1-2H3/t19-,21+,22+/m0/s1. The van der Waals surface area contributed by atoms with E-state index in [2.05, 4.69) is 0 Å². The average molecular weight is 364 g/mol. The maximum Gasteiger partial charge on any atom is 0.167 e. The molecule has 0 aliphatic heterocycles. The lowest BCUT2D eigenvalue weighted by molar-refractivity contribution is -0.0468. The van der Waals surface area contributed by atoms with Crippen LogP contribution in [0.3, 0.4) is 0 Å². The third kappa shape index (κ3) is 1.98. The number of benzene rings is 2. The van der Waals surface area contributed by atoms with Gasteiger partial charge in [0.15, 0.2) is 5.78 Å². The van der Waals surface area contributed by atoms with Crippen LogP contribution in [0.1, 0.15) is 57.5 Å². The van der Waals surface area contributed by atoms with Gasteiger partial charge in [0, 0.05) is 32.1 Å². The fraction of sp³-hybridized carbons (Fsp3) is 0.318. The van der Waals surface area contributed by atoms with Gasteiger partial charge in [0.25, 0.3) is 0 Å². The minimum Gasteiger partial charge on any atom is -0.508 e. The highest BCUT2D eigenvalue weighted by Crippen LogP contribution is 2.60. The van der Waals surface area contributed by atoms with E-state index < -0.39 is 6.10 Å². The van der Waals surface area contributed by atoms with E-state index in [9.17, 15) is 15.0 Å². The van der Waals surface area contributed by atoms with Crippen LogP contribution in [0.2, 0.25) is 0 Å². The molecule has 0 saturated heterocycles. The van der Waals surface area contributed by atoms with Gasteiger partial charge in [-0.15, -0.1) is 0 Å². The van der Waals surface area contributed by atoms with Crippen molar-refractivity contribution in [3.63, 3.8) is 0 Å². The Balaban J connectivity index is 1.89. The predicted molar refractivity (Wildman–Crippen MR) is 99.9 cm³/mol. The average Bonchev–Trinajstić information content (AvgIpc) is 3.00. The zero-order valence-corrected chi connectivity index (χ0v) is 15.2. The van der Waals surface area contributed by atoms with E-state index in [0.29, 0.717) is 18.4 Å². The molecule has 0 aromatic heterocycles. The normalized spacial score (nSPS) is 25.3. The Kier molecular flexibility index (Phi) is 3.48. The summed E-state index contributed by atoms with van der Waals surface area (Å²) in [5, 5.41) is 20.9. The number of phenolic OH excluding ortho intramolecular Hbond substituents is 2. The van der Waals surface area contributed by atoms with Crippen LogP contribution < -0.4 is 0 Å². The van der Waals surface area contributed by atoms with E-state index >= 15 is 0 Å². The number of phenols is 2. The second kappa shape index (κ2) is 5.68. The molecule has 0 bridgehead atoms. The number of hydrogen-bond acceptors (Lipinski definition) is 5. The van der Waals surface area contributed by atoms with Gasteiger partial charge in [0.05, 0.1) is 11.7 Å². The van der Waals surface area contributed by atoms with Crippen LogP contribution in [0.4, 0.5) is 0 Å². The number of carbonyl (C=O) groups excluding carboxylic acids is 1. The fourth-order valence-electron chi connectivity index (χ4n) is 5.18. The second-order valence-electron chi connectivity index (χ2n) is 7.31. The van der Waals surface area contributed by atoms with Gasteiger partial charge in [-0.25, -0.2) is 0 Å². The number of hydrogen-bond donors (Lipinski definition) is 2. The van der Waals surface area contributed by atoms with E-state index in [1.54, 1.807) is 26.4 Å². The first kappa shape index (κ1) is 16.5. The first-order valence-corrected chi connectivity index (χ1v) is 9.08. The molecule has 5 rings (SSSR count). The number of rotatable bonds is 2. The lowest BCUT2D eigenvalue weighted by Crippen LogP contribution is -2.34. The number of ketones is 1. The molecule has 138 valence electrons. The van der Waals surface area contributed by atoms with Gasteiger partial charge in [-0.05, 0) is 46.4 Å². The Bertz CT molecular complexity index is 1020. The number of carbonyl (C=O) groups is 1. The molecule has 2 aromatic carbocycles. The summed E-state index contributed by atoms with van der Waals surface area (Å²) in [6.45, 7) is 0. The molecule has 27 heavy (non-hydrogen) atoms. The monoisotopic (exact) mass is 364 g/mol. The molecule has 3 aliphatic rings. The summed E-state index contributed by atoms with van der Waals surface area (Å²) in [6.07, 6.45) is 0.223. The highest BCUT2D eigenvalue weighted by molar-refractivity contribution is 6.14. The van der Waals surface area contributed by atoms with Crippen LogP contribution in [0, 0.1) is 0 Å². The highest BCUT2D eigenvalue weighted by Gasteiger charge is 2.49. The van der Waals surface area contributed by atoms with Crippen molar-refractivity contribution in [3.8, 4) is 11.5 Å². The zero-order chi connectivity index (χ0) is 18.9. The van der Waals surface area contributed by atoms with E-state index in [4.69, 9.17) is 9.47 Å². The van der Waals surface area contributed by atoms with Crippen LogP contribution in [-0.2, 0) is 9.47 Å². The third-order valence-electron chi connectivity index (χ3n) is 6.18. The first-order valence-electron chi connectivity index (χ1n) is 9.08. The van der Waals surface area contributed by atoms with Crippen molar-refractivity contribution in [2.24, 2.45) is 0 Å². The molecular formula is C22H20O5. The molecule has 3 aliphatic carbocycles. The number of Topliss-reactive ketones (excluding diaryl/α,β-unsaturated/α-hetero) is 1.